The second-order valence-corrected chi connectivity index (χ2v) is 11.7. The maximum atomic E-state index is 13.5. The molecular formula is C23H23ClN4O5S. The van der Waals surface area contributed by atoms with Gasteiger partial charge >= 0.3 is 0 Å². The van der Waals surface area contributed by atoms with Crippen molar-refractivity contribution in [2.45, 2.75) is 62.7 Å². The van der Waals surface area contributed by atoms with E-state index in [-0.39, 0.29) is 23.1 Å². The molecule has 3 aromatic rings. The van der Waals surface area contributed by atoms with Gasteiger partial charge in [0, 0.05) is 6.07 Å². The van der Waals surface area contributed by atoms with Crippen molar-refractivity contribution >= 4 is 55.7 Å². The summed E-state index contributed by atoms with van der Waals surface area (Å²) in [5.74, 6) is 0.422. The summed E-state index contributed by atoms with van der Waals surface area (Å²) in [6, 6.07) is 5.23. The number of aromatic nitrogens is 2. The minimum absolute atomic E-state index is 0.0361. The molecular weight excluding hydrogens is 480 g/mol. The number of hydrogen-bond donors (Lipinski definition) is 1. The zero-order valence-electron chi connectivity index (χ0n) is 18.7. The molecule has 1 aliphatic heterocycles. The van der Waals surface area contributed by atoms with Gasteiger partial charge in [-0.25, -0.2) is 13.4 Å². The Balaban J connectivity index is 1.41. The number of nitrogens with one attached hydrogen (secondary N) is 1. The second kappa shape index (κ2) is 7.32. The third kappa shape index (κ3) is 3.26. The highest BCUT2D eigenvalue weighted by atomic mass is 35.5. The first kappa shape index (κ1) is 21.7. The number of rotatable bonds is 7. The molecule has 3 aliphatic rings. The first-order valence-electron chi connectivity index (χ1n) is 11.4. The summed E-state index contributed by atoms with van der Waals surface area (Å²) >= 11 is 6.44. The smallest absolute Gasteiger partial charge is 0.242 e. The van der Waals surface area contributed by atoms with Crippen LogP contribution in [0.2, 0.25) is 5.02 Å². The number of anilines is 3. The van der Waals surface area contributed by atoms with Crippen molar-refractivity contribution in [3.8, 4) is 5.88 Å². The fourth-order valence-electron chi connectivity index (χ4n) is 4.41. The number of sulfonamides is 1. The number of pyridine rings is 1. The van der Waals surface area contributed by atoms with Crippen LogP contribution in [0, 0.1) is 0 Å². The van der Waals surface area contributed by atoms with Gasteiger partial charge in [0.05, 0.1) is 39.7 Å². The molecule has 11 heteroatoms. The van der Waals surface area contributed by atoms with Crippen LogP contribution in [0.4, 0.5) is 17.2 Å². The van der Waals surface area contributed by atoms with Crippen molar-refractivity contribution in [1.29, 1.82) is 0 Å². The predicted octanol–water partition coefficient (Wildman–Crippen LogP) is 4.67. The molecule has 1 unspecified atom stereocenters. The average molecular weight is 503 g/mol. The third-order valence-electron chi connectivity index (χ3n) is 6.85. The van der Waals surface area contributed by atoms with E-state index in [2.05, 4.69) is 14.9 Å². The van der Waals surface area contributed by atoms with Gasteiger partial charge in [0.25, 0.3) is 0 Å². The number of benzene rings is 1. The fourth-order valence-corrected chi connectivity index (χ4v) is 5.96. The third-order valence-corrected chi connectivity index (χ3v) is 8.95. The molecule has 0 radical (unpaired) electrons. The predicted molar refractivity (Wildman–Crippen MR) is 127 cm³/mol. The lowest BCUT2D eigenvalue weighted by molar-refractivity contribution is -0.119. The molecule has 2 fully saturated rings. The van der Waals surface area contributed by atoms with E-state index in [4.69, 9.17) is 20.9 Å². The quantitative estimate of drug-likeness (QED) is 0.499. The molecule has 1 N–H and O–H groups in total. The molecule has 34 heavy (non-hydrogen) atoms. The summed E-state index contributed by atoms with van der Waals surface area (Å²) in [5, 5.41) is 4.43. The molecule has 2 aromatic heterocycles. The Morgan fingerprint density at radius 2 is 2.09 bits per heavy atom. The van der Waals surface area contributed by atoms with Crippen LogP contribution in [0.5, 0.6) is 5.88 Å². The molecule has 0 saturated heterocycles. The molecule has 6 rings (SSSR count). The van der Waals surface area contributed by atoms with E-state index >= 15 is 0 Å². The van der Waals surface area contributed by atoms with Crippen molar-refractivity contribution in [2.24, 2.45) is 0 Å². The van der Waals surface area contributed by atoms with E-state index in [1.54, 1.807) is 23.2 Å². The highest BCUT2D eigenvalue weighted by molar-refractivity contribution is 7.93. The highest BCUT2D eigenvalue weighted by Gasteiger charge is 2.60. The van der Waals surface area contributed by atoms with E-state index in [9.17, 15) is 13.2 Å². The maximum absolute atomic E-state index is 13.5. The van der Waals surface area contributed by atoms with E-state index in [1.807, 2.05) is 19.9 Å². The van der Waals surface area contributed by atoms with Crippen LogP contribution in [-0.2, 0) is 20.2 Å². The van der Waals surface area contributed by atoms with Crippen LogP contribution in [-0.4, -0.2) is 35.8 Å². The Morgan fingerprint density at radius 3 is 2.74 bits per heavy atom. The van der Waals surface area contributed by atoms with E-state index in [0.29, 0.717) is 58.9 Å². The Morgan fingerprint density at radius 1 is 1.32 bits per heavy atom. The fraction of sp³-hybridized carbons (Fsp3) is 0.435. The maximum Gasteiger partial charge on any atom is 0.242 e. The molecule has 1 spiro atoms. The zero-order valence-corrected chi connectivity index (χ0v) is 20.2. The van der Waals surface area contributed by atoms with Crippen molar-refractivity contribution in [3.05, 3.63) is 35.0 Å². The molecule has 2 saturated carbocycles. The van der Waals surface area contributed by atoms with Gasteiger partial charge in [-0.15, -0.1) is 0 Å². The monoisotopic (exact) mass is 502 g/mol. The van der Waals surface area contributed by atoms with Crippen LogP contribution in [0.1, 0.15) is 51.5 Å². The molecule has 1 aromatic carbocycles. The van der Waals surface area contributed by atoms with E-state index < -0.39 is 15.4 Å². The van der Waals surface area contributed by atoms with Gasteiger partial charge in [-0.3, -0.25) is 14.4 Å². The minimum atomic E-state index is -3.50. The summed E-state index contributed by atoms with van der Waals surface area (Å²) in [4.78, 5) is 19.5. The standard InChI is InChI=1S/C23H23ClN4O5S/c1-3-12(2)32-21-17(24)8-13(11-25-21)28-18-10-19-15(9-16(18)23(6-7-23)22(28)29)20(26-33-19)27-34(30,31)14-4-5-14/h8-12,14H,3-7H2,1-2H3,(H,26,27). The van der Waals surface area contributed by atoms with Gasteiger partial charge in [0.2, 0.25) is 21.8 Å². The van der Waals surface area contributed by atoms with Crippen molar-refractivity contribution in [2.75, 3.05) is 9.62 Å². The van der Waals surface area contributed by atoms with Crippen molar-refractivity contribution in [1.82, 2.24) is 10.1 Å². The van der Waals surface area contributed by atoms with Gasteiger partial charge in [-0.1, -0.05) is 23.7 Å². The summed E-state index contributed by atoms with van der Waals surface area (Å²) in [6.45, 7) is 3.94. The lowest BCUT2D eigenvalue weighted by Gasteiger charge is -2.19. The number of nitrogens with zero attached hydrogens (tertiary/aromatic N) is 3. The number of fused-ring (bicyclic) bond motifs is 3. The number of carbonyl (C=O) groups is 1. The van der Waals surface area contributed by atoms with Crippen LogP contribution >= 0.6 is 11.6 Å². The van der Waals surface area contributed by atoms with Gasteiger partial charge in [0.15, 0.2) is 11.4 Å². The lowest BCUT2D eigenvalue weighted by atomic mass is 9.96. The van der Waals surface area contributed by atoms with Crippen LogP contribution in [0.25, 0.3) is 11.0 Å². The number of halogens is 1. The van der Waals surface area contributed by atoms with Crippen LogP contribution in [0.3, 0.4) is 0 Å². The number of carbonyl (C=O) groups excluding carboxylic acids is 1. The summed E-state index contributed by atoms with van der Waals surface area (Å²) in [6.07, 6.45) is 5.07. The van der Waals surface area contributed by atoms with E-state index in [1.165, 1.54) is 0 Å². The van der Waals surface area contributed by atoms with Crippen molar-refractivity contribution < 1.29 is 22.5 Å². The van der Waals surface area contributed by atoms with Crippen LogP contribution < -0.4 is 14.4 Å². The Labute approximate surface area is 201 Å². The molecule has 2 aliphatic carbocycles. The summed E-state index contributed by atoms with van der Waals surface area (Å²) in [7, 11) is -3.50. The van der Waals surface area contributed by atoms with Crippen LogP contribution in [0.15, 0.2) is 28.9 Å². The minimum Gasteiger partial charge on any atom is -0.474 e. The molecule has 1 amide bonds. The number of ether oxygens (including phenoxy) is 1. The van der Waals surface area contributed by atoms with Gasteiger partial charge in [-0.2, -0.15) is 0 Å². The highest BCUT2D eigenvalue weighted by Crippen LogP contribution is 2.60. The van der Waals surface area contributed by atoms with E-state index in [0.717, 1.165) is 12.0 Å². The summed E-state index contributed by atoms with van der Waals surface area (Å²) in [5.41, 5.74) is 1.78. The second-order valence-electron chi connectivity index (χ2n) is 9.28. The Kier molecular flexibility index (Phi) is 4.67. The molecule has 9 nitrogen and oxygen atoms in total. The lowest BCUT2D eigenvalue weighted by Crippen LogP contribution is -2.28. The number of hydrogen-bond acceptors (Lipinski definition) is 7. The zero-order chi connectivity index (χ0) is 23.8. The molecule has 178 valence electrons. The van der Waals surface area contributed by atoms with Gasteiger partial charge in [0.1, 0.15) is 5.02 Å². The summed E-state index contributed by atoms with van der Waals surface area (Å²) < 4.78 is 38.6. The number of amides is 1. The molecule has 3 heterocycles. The molecule has 1 atom stereocenters. The van der Waals surface area contributed by atoms with Crippen molar-refractivity contribution in [3.63, 3.8) is 0 Å². The average Bonchev–Trinajstić information content (AvgIpc) is 3.72. The topological polar surface area (TPSA) is 115 Å². The van der Waals surface area contributed by atoms with Gasteiger partial charge in [-0.05, 0) is 56.7 Å². The SMILES string of the molecule is CCC(C)Oc1ncc(N2C(=O)C3(CC3)c3cc4c(NS(=O)(=O)C5CC5)noc4cc32)cc1Cl. The Bertz CT molecular complexity index is 1450. The first-order chi connectivity index (χ1) is 16.2. The Hall–Kier alpha value is -2.85. The normalized spacial score (nSPS) is 19.5. The van der Waals surface area contributed by atoms with Gasteiger partial charge < -0.3 is 9.26 Å². The largest absolute Gasteiger partial charge is 0.474 e. The first-order valence-corrected chi connectivity index (χ1v) is 13.3. The molecule has 0 bridgehead atoms.